The van der Waals surface area contributed by atoms with Crippen LogP contribution < -0.4 is 5.56 Å². The Hall–Kier alpha value is -4.36. The Labute approximate surface area is 237 Å². The molecule has 212 valence electrons. The topological polar surface area (TPSA) is 112 Å². The third-order valence-electron chi connectivity index (χ3n) is 7.57. The van der Waals surface area contributed by atoms with E-state index < -0.39 is 11.8 Å². The Bertz CT molecular complexity index is 1700. The molecule has 0 unspecified atom stereocenters. The quantitative estimate of drug-likeness (QED) is 0.211. The van der Waals surface area contributed by atoms with Crippen LogP contribution in [0.15, 0.2) is 47.3 Å². The highest BCUT2D eigenvalue weighted by Gasteiger charge is 2.29. The van der Waals surface area contributed by atoms with Crippen molar-refractivity contribution in [1.82, 2.24) is 19.2 Å². The third kappa shape index (κ3) is 5.77. The van der Waals surface area contributed by atoms with Gasteiger partial charge in [0.05, 0.1) is 17.3 Å². The Morgan fingerprint density at radius 2 is 1.93 bits per heavy atom. The highest BCUT2D eigenvalue weighted by atomic mass is 19.1. The Balaban J connectivity index is 1.54. The molecule has 0 radical (unpaired) electrons. The number of hydrogen-bond donors (Lipinski definition) is 0. The van der Waals surface area contributed by atoms with Crippen molar-refractivity contribution in [3.05, 3.63) is 86.8 Å². The zero-order valence-corrected chi connectivity index (χ0v) is 23.4. The van der Waals surface area contributed by atoms with Crippen LogP contribution in [0.4, 0.5) is 4.39 Å². The number of halogens is 1. The minimum Gasteiger partial charge on any atom is -0.298 e. The van der Waals surface area contributed by atoms with Crippen molar-refractivity contribution in [1.29, 1.82) is 5.26 Å². The average molecular weight is 558 g/mol. The first kappa shape index (κ1) is 28.2. The standard InChI is InChI=1S/C31H32FN5O4/c1-4-7-29-27(16-22-11-10-21(17-28(22)32)26-9-6-5-8-23(26)18-33)30(39)36(31-34-19(2)35-37(29)31)24-12-14-25(15-13-24)41-40-20(3)38/h5-6,8-11,17,24-25H,4,7,12-16H2,1-3H3. The maximum Gasteiger partial charge on any atom is 0.339 e. The fourth-order valence-electron chi connectivity index (χ4n) is 5.65. The lowest BCUT2D eigenvalue weighted by atomic mass is 9.92. The van der Waals surface area contributed by atoms with Crippen molar-refractivity contribution < 1.29 is 19.0 Å². The molecule has 1 aliphatic carbocycles. The van der Waals surface area contributed by atoms with E-state index in [1.54, 1.807) is 46.3 Å². The highest BCUT2D eigenvalue weighted by Crippen LogP contribution is 2.32. The van der Waals surface area contributed by atoms with Crippen LogP contribution in [0.5, 0.6) is 0 Å². The van der Waals surface area contributed by atoms with E-state index in [1.807, 2.05) is 13.0 Å². The summed E-state index contributed by atoms with van der Waals surface area (Å²) in [4.78, 5) is 39.9. The second kappa shape index (κ2) is 12.0. The predicted molar refractivity (Wildman–Crippen MR) is 149 cm³/mol. The number of nitrogens with zero attached hydrogens (tertiary/aromatic N) is 5. The summed E-state index contributed by atoms with van der Waals surface area (Å²) < 4.78 is 19.0. The first-order chi connectivity index (χ1) is 19.8. The second-order valence-corrected chi connectivity index (χ2v) is 10.5. The molecule has 0 amide bonds. The maximum absolute atomic E-state index is 15.6. The van der Waals surface area contributed by atoms with Crippen molar-refractivity contribution in [2.75, 3.05) is 0 Å². The number of carbonyl (C=O) groups excluding carboxylic acids is 1. The monoisotopic (exact) mass is 557 g/mol. The van der Waals surface area contributed by atoms with Gasteiger partial charge in [-0.15, -0.1) is 0 Å². The van der Waals surface area contributed by atoms with E-state index in [2.05, 4.69) is 16.2 Å². The van der Waals surface area contributed by atoms with Gasteiger partial charge in [0.1, 0.15) is 17.7 Å². The molecule has 1 saturated carbocycles. The van der Waals surface area contributed by atoms with Gasteiger partial charge in [0, 0.05) is 24.9 Å². The Morgan fingerprint density at radius 3 is 2.61 bits per heavy atom. The molecule has 0 saturated heterocycles. The van der Waals surface area contributed by atoms with Gasteiger partial charge in [0.2, 0.25) is 5.78 Å². The molecule has 0 spiro atoms. The van der Waals surface area contributed by atoms with Crippen LogP contribution in [0.25, 0.3) is 16.9 Å². The van der Waals surface area contributed by atoms with Gasteiger partial charge in [-0.1, -0.05) is 43.7 Å². The number of rotatable bonds is 8. The Kier molecular flexibility index (Phi) is 8.26. The van der Waals surface area contributed by atoms with E-state index in [1.165, 1.54) is 13.0 Å². The SMILES string of the molecule is CCCc1c(Cc2ccc(-c3ccccc3C#N)cc2F)c(=O)n(C2CCC(OOC(C)=O)CC2)c2nc(C)nn12. The fraction of sp³-hybridized carbons (Fsp3) is 0.387. The molecule has 5 rings (SSSR count). The van der Waals surface area contributed by atoms with Gasteiger partial charge >= 0.3 is 5.97 Å². The van der Waals surface area contributed by atoms with Gasteiger partial charge in [-0.3, -0.25) is 14.2 Å². The highest BCUT2D eigenvalue weighted by molar-refractivity contribution is 5.70. The molecule has 4 aromatic rings. The van der Waals surface area contributed by atoms with Crippen LogP contribution in [-0.4, -0.2) is 31.2 Å². The summed E-state index contributed by atoms with van der Waals surface area (Å²) in [6, 6.07) is 14.0. The number of hydrogen-bond acceptors (Lipinski definition) is 7. The van der Waals surface area contributed by atoms with Crippen molar-refractivity contribution in [2.45, 2.75) is 77.9 Å². The minimum atomic E-state index is -0.505. The molecule has 1 fully saturated rings. The van der Waals surface area contributed by atoms with Gasteiger partial charge in [0.25, 0.3) is 5.56 Å². The first-order valence-corrected chi connectivity index (χ1v) is 13.9. The van der Waals surface area contributed by atoms with Crippen LogP contribution >= 0.6 is 0 Å². The lowest BCUT2D eigenvalue weighted by Gasteiger charge is -2.29. The van der Waals surface area contributed by atoms with Crippen LogP contribution in [-0.2, 0) is 27.4 Å². The molecule has 0 aliphatic heterocycles. The first-order valence-electron chi connectivity index (χ1n) is 13.9. The average Bonchev–Trinajstić information content (AvgIpc) is 3.35. The minimum absolute atomic E-state index is 0.0972. The van der Waals surface area contributed by atoms with E-state index in [0.717, 1.165) is 12.1 Å². The molecule has 0 atom stereocenters. The van der Waals surface area contributed by atoms with E-state index in [-0.39, 0.29) is 24.1 Å². The molecule has 0 N–H and O–H groups in total. The summed E-state index contributed by atoms with van der Waals surface area (Å²) >= 11 is 0. The number of carbonyl (C=O) groups is 1. The number of nitriles is 1. The molecular weight excluding hydrogens is 525 g/mol. The normalized spacial score (nSPS) is 17.0. The smallest absolute Gasteiger partial charge is 0.298 e. The Morgan fingerprint density at radius 1 is 1.17 bits per heavy atom. The summed E-state index contributed by atoms with van der Waals surface area (Å²) in [6.07, 6.45) is 3.69. The molecule has 41 heavy (non-hydrogen) atoms. The predicted octanol–water partition coefficient (Wildman–Crippen LogP) is 5.40. The second-order valence-electron chi connectivity index (χ2n) is 10.5. The molecule has 0 bridgehead atoms. The molecule has 2 heterocycles. The largest absolute Gasteiger partial charge is 0.339 e. The molecule has 2 aromatic carbocycles. The third-order valence-corrected chi connectivity index (χ3v) is 7.57. The fourth-order valence-corrected chi connectivity index (χ4v) is 5.65. The molecule has 2 aromatic heterocycles. The van der Waals surface area contributed by atoms with Crippen LogP contribution in [0.2, 0.25) is 0 Å². The van der Waals surface area contributed by atoms with Gasteiger partial charge < -0.3 is 0 Å². The summed E-state index contributed by atoms with van der Waals surface area (Å²) in [6.45, 7) is 5.10. The molecular formula is C31H32FN5O4. The number of aryl methyl sites for hydroxylation is 2. The number of fused-ring (bicyclic) bond motifs is 1. The van der Waals surface area contributed by atoms with Crippen LogP contribution in [0, 0.1) is 24.1 Å². The zero-order chi connectivity index (χ0) is 29.1. The number of benzene rings is 2. The van der Waals surface area contributed by atoms with Crippen molar-refractivity contribution in [2.24, 2.45) is 0 Å². The summed E-state index contributed by atoms with van der Waals surface area (Å²) in [5, 5.41) is 14.1. The van der Waals surface area contributed by atoms with Crippen LogP contribution in [0.3, 0.4) is 0 Å². The van der Waals surface area contributed by atoms with Crippen molar-refractivity contribution in [3.63, 3.8) is 0 Å². The summed E-state index contributed by atoms with van der Waals surface area (Å²) in [7, 11) is 0. The van der Waals surface area contributed by atoms with Gasteiger partial charge in [-0.05, 0) is 67.9 Å². The molecule has 1 aliphatic rings. The lowest BCUT2D eigenvalue weighted by Crippen LogP contribution is -2.35. The van der Waals surface area contributed by atoms with Crippen molar-refractivity contribution in [3.8, 4) is 17.2 Å². The summed E-state index contributed by atoms with van der Waals surface area (Å²) in [5.74, 6) is 0.0792. The van der Waals surface area contributed by atoms with E-state index in [4.69, 9.17) is 9.78 Å². The number of aromatic nitrogens is 4. The maximum atomic E-state index is 15.6. The molecule has 10 heteroatoms. The van der Waals surface area contributed by atoms with Crippen LogP contribution in [0.1, 0.15) is 80.2 Å². The zero-order valence-electron chi connectivity index (χ0n) is 23.4. The van der Waals surface area contributed by atoms with E-state index >= 15 is 4.39 Å². The van der Waals surface area contributed by atoms with Gasteiger partial charge in [-0.2, -0.15) is 20.2 Å². The van der Waals surface area contributed by atoms with Gasteiger partial charge in [-0.25, -0.2) is 13.7 Å². The summed E-state index contributed by atoms with van der Waals surface area (Å²) in [5.41, 5.74) is 3.13. The lowest BCUT2D eigenvalue weighted by molar-refractivity contribution is -0.301. The van der Waals surface area contributed by atoms with Gasteiger partial charge in [0.15, 0.2) is 0 Å². The van der Waals surface area contributed by atoms with Crippen molar-refractivity contribution >= 4 is 11.7 Å². The molecule has 9 nitrogen and oxygen atoms in total. The van der Waals surface area contributed by atoms with E-state index in [9.17, 15) is 14.9 Å². The van der Waals surface area contributed by atoms with E-state index in [0.29, 0.717) is 71.5 Å².